The van der Waals surface area contributed by atoms with Gasteiger partial charge >= 0.3 is 0 Å². The first-order valence-electron chi connectivity index (χ1n) is 6.00. The van der Waals surface area contributed by atoms with Crippen molar-refractivity contribution in [3.8, 4) is 0 Å². The molecule has 19 heavy (non-hydrogen) atoms. The Morgan fingerprint density at radius 2 is 1.79 bits per heavy atom. The van der Waals surface area contributed by atoms with E-state index in [9.17, 15) is 4.79 Å². The zero-order valence-electron chi connectivity index (χ0n) is 11.1. The Bertz CT molecular complexity index is 576. The summed E-state index contributed by atoms with van der Waals surface area (Å²) >= 11 is 0. The van der Waals surface area contributed by atoms with Crippen LogP contribution in [-0.4, -0.2) is 20.0 Å². The van der Waals surface area contributed by atoms with Gasteiger partial charge in [-0.15, -0.1) is 0 Å². The van der Waals surface area contributed by atoms with E-state index in [1.54, 1.807) is 24.3 Å². The highest BCUT2D eigenvalue weighted by atomic mass is 16.1. The molecule has 0 aromatic heterocycles. The molecule has 4 heteroatoms. The fourth-order valence-electron chi connectivity index (χ4n) is 1.73. The number of nitrogen functional groups attached to an aromatic ring is 1. The number of nitrogens with one attached hydrogen (secondary N) is 1. The zero-order valence-corrected chi connectivity index (χ0v) is 11.1. The first-order chi connectivity index (χ1) is 9.06. The third kappa shape index (κ3) is 3.25. The Labute approximate surface area is 112 Å². The number of anilines is 3. The molecule has 2 aromatic carbocycles. The Hall–Kier alpha value is -2.49. The lowest BCUT2D eigenvalue weighted by molar-refractivity contribution is 0.102. The SMILES string of the molecule is CN(C)c1ccc(NC(=O)c2cccc(N)c2)cc1. The molecule has 0 spiro atoms. The van der Waals surface area contributed by atoms with Crippen LogP contribution in [0.5, 0.6) is 0 Å². The largest absolute Gasteiger partial charge is 0.399 e. The van der Waals surface area contributed by atoms with Crippen LogP contribution in [0.3, 0.4) is 0 Å². The lowest BCUT2D eigenvalue weighted by Crippen LogP contribution is -2.12. The molecule has 0 aliphatic heterocycles. The van der Waals surface area contributed by atoms with Crippen molar-refractivity contribution < 1.29 is 4.79 Å². The van der Waals surface area contributed by atoms with Crippen molar-refractivity contribution in [2.45, 2.75) is 0 Å². The summed E-state index contributed by atoms with van der Waals surface area (Å²) in [6.45, 7) is 0. The van der Waals surface area contributed by atoms with E-state index < -0.39 is 0 Å². The number of amides is 1. The van der Waals surface area contributed by atoms with Gasteiger partial charge in [0.05, 0.1) is 0 Å². The second-order valence-electron chi connectivity index (χ2n) is 4.52. The van der Waals surface area contributed by atoms with Crippen molar-refractivity contribution in [3.05, 3.63) is 54.1 Å². The molecule has 0 fully saturated rings. The van der Waals surface area contributed by atoms with E-state index >= 15 is 0 Å². The van der Waals surface area contributed by atoms with Crippen LogP contribution in [0, 0.1) is 0 Å². The third-order valence-corrected chi connectivity index (χ3v) is 2.79. The van der Waals surface area contributed by atoms with Crippen molar-refractivity contribution in [2.75, 3.05) is 30.0 Å². The van der Waals surface area contributed by atoms with E-state index in [0.717, 1.165) is 11.4 Å². The highest BCUT2D eigenvalue weighted by molar-refractivity contribution is 6.04. The molecule has 2 aromatic rings. The van der Waals surface area contributed by atoms with E-state index in [-0.39, 0.29) is 5.91 Å². The number of rotatable bonds is 3. The van der Waals surface area contributed by atoms with Crippen LogP contribution < -0.4 is 16.0 Å². The van der Waals surface area contributed by atoms with Crippen LogP contribution >= 0.6 is 0 Å². The summed E-state index contributed by atoms with van der Waals surface area (Å²) in [5.41, 5.74) is 8.64. The van der Waals surface area contributed by atoms with Crippen LogP contribution in [0.1, 0.15) is 10.4 Å². The quantitative estimate of drug-likeness (QED) is 0.829. The van der Waals surface area contributed by atoms with Gasteiger partial charge in [-0.3, -0.25) is 4.79 Å². The number of hydrogen-bond acceptors (Lipinski definition) is 3. The second-order valence-corrected chi connectivity index (χ2v) is 4.52. The number of carbonyl (C=O) groups excluding carboxylic acids is 1. The van der Waals surface area contributed by atoms with Crippen molar-refractivity contribution >= 4 is 23.0 Å². The van der Waals surface area contributed by atoms with Gasteiger partial charge in [0.15, 0.2) is 0 Å². The number of hydrogen-bond donors (Lipinski definition) is 2. The van der Waals surface area contributed by atoms with Crippen LogP contribution in [0.15, 0.2) is 48.5 Å². The van der Waals surface area contributed by atoms with E-state index in [0.29, 0.717) is 11.3 Å². The minimum atomic E-state index is -0.162. The van der Waals surface area contributed by atoms with Gasteiger partial charge in [-0.05, 0) is 42.5 Å². The maximum absolute atomic E-state index is 12.0. The number of nitrogens with two attached hydrogens (primary N) is 1. The fraction of sp³-hybridized carbons (Fsp3) is 0.133. The Morgan fingerprint density at radius 3 is 2.37 bits per heavy atom. The minimum Gasteiger partial charge on any atom is -0.399 e. The average Bonchev–Trinajstić information content (AvgIpc) is 2.39. The Balaban J connectivity index is 2.10. The lowest BCUT2D eigenvalue weighted by Gasteiger charge is -2.13. The summed E-state index contributed by atoms with van der Waals surface area (Å²) < 4.78 is 0. The summed E-state index contributed by atoms with van der Waals surface area (Å²) in [6, 6.07) is 14.6. The first-order valence-corrected chi connectivity index (χ1v) is 6.00. The zero-order chi connectivity index (χ0) is 13.8. The molecule has 0 unspecified atom stereocenters. The molecule has 0 aliphatic carbocycles. The molecule has 0 aliphatic rings. The van der Waals surface area contributed by atoms with Crippen LogP contribution in [0.2, 0.25) is 0 Å². The van der Waals surface area contributed by atoms with Crippen molar-refractivity contribution in [1.29, 1.82) is 0 Å². The highest BCUT2D eigenvalue weighted by Gasteiger charge is 2.06. The molecule has 98 valence electrons. The summed E-state index contributed by atoms with van der Waals surface area (Å²) in [5.74, 6) is -0.162. The first kappa shape index (κ1) is 13.0. The molecule has 1 amide bonds. The van der Waals surface area contributed by atoms with E-state index in [4.69, 9.17) is 5.73 Å². The van der Waals surface area contributed by atoms with Gasteiger partial charge in [0.25, 0.3) is 5.91 Å². The summed E-state index contributed by atoms with van der Waals surface area (Å²) in [6.07, 6.45) is 0. The standard InChI is InChI=1S/C15H17N3O/c1-18(2)14-8-6-13(7-9-14)17-15(19)11-4-3-5-12(16)10-11/h3-10H,16H2,1-2H3,(H,17,19). The number of nitrogens with zero attached hydrogens (tertiary/aromatic N) is 1. The molecule has 0 radical (unpaired) electrons. The smallest absolute Gasteiger partial charge is 0.255 e. The molecule has 0 saturated heterocycles. The minimum absolute atomic E-state index is 0.162. The number of benzene rings is 2. The molecular weight excluding hydrogens is 238 g/mol. The van der Waals surface area contributed by atoms with Crippen LogP contribution in [-0.2, 0) is 0 Å². The molecule has 0 atom stereocenters. The Kier molecular flexibility index (Phi) is 3.71. The third-order valence-electron chi connectivity index (χ3n) is 2.79. The molecule has 3 N–H and O–H groups in total. The predicted octanol–water partition coefficient (Wildman–Crippen LogP) is 2.59. The maximum atomic E-state index is 12.0. The fourth-order valence-corrected chi connectivity index (χ4v) is 1.73. The Morgan fingerprint density at radius 1 is 1.11 bits per heavy atom. The van der Waals surface area contributed by atoms with Gasteiger partial charge in [-0.1, -0.05) is 6.07 Å². The van der Waals surface area contributed by atoms with Gasteiger partial charge in [-0.2, -0.15) is 0 Å². The van der Waals surface area contributed by atoms with E-state index in [1.165, 1.54) is 0 Å². The van der Waals surface area contributed by atoms with Gasteiger partial charge in [0.1, 0.15) is 0 Å². The van der Waals surface area contributed by atoms with Gasteiger partial charge in [-0.25, -0.2) is 0 Å². The van der Waals surface area contributed by atoms with Crippen molar-refractivity contribution in [2.24, 2.45) is 0 Å². The normalized spacial score (nSPS) is 10.0. The van der Waals surface area contributed by atoms with E-state index in [1.807, 2.05) is 43.3 Å². The average molecular weight is 255 g/mol. The van der Waals surface area contributed by atoms with Gasteiger partial charge in [0.2, 0.25) is 0 Å². The molecule has 0 saturated carbocycles. The molecule has 4 nitrogen and oxygen atoms in total. The summed E-state index contributed by atoms with van der Waals surface area (Å²) in [5, 5.41) is 2.84. The lowest BCUT2D eigenvalue weighted by atomic mass is 10.2. The predicted molar refractivity (Wildman–Crippen MR) is 79.6 cm³/mol. The van der Waals surface area contributed by atoms with E-state index in [2.05, 4.69) is 5.32 Å². The summed E-state index contributed by atoms with van der Waals surface area (Å²) in [7, 11) is 3.95. The van der Waals surface area contributed by atoms with Gasteiger partial charge < -0.3 is 16.0 Å². The molecule has 2 rings (SSSR count). The molecular formula is C15H17N3O. The van der Waals surface area contributed by atoms with Crippen LogP contribution in [0.25, 0.3) is 0 Å². The van der Waals surface area contributed by atoms with Crippen molar-refractivity contribution in [3.63, 3.8) is 0 Å². The second kappa shape index (κ2) is 5.44. The topological polar surface area (TPSA) is 58.4 Å². The van der Waals surface area contributed by atoms with Gasteiger partial charge in [0, 0.05) is 36.7 Å². The maximum Gasteiger partial charge on any atom is 0.255 e. The molecule has 0 bridgehead atoms. The van der Waals surface area contributed by atoms with Crippen LogP contribution in [0.4, 0.5) is 17.1 Å². The highest BCUT2D eigenvalue weighted by Crippen LogP contribution is 2.16. The number of carbonyl (C=O) groups is 1. The summed E-state index contributed by atoms with van der Waals surface area (Å²) in [4.78, 5) is 14.0. The monoisotopic (exact) mass is 255 g/mol. The van der Waals surface area contributed by atoms with Crippen molar-refractivity contribution in [1.82, 2.24) is 0 Å². The molecule has 0 heterocycles.